The van der Waals surface area contributed by atoms with Gasteiger partial charge in [0.1, 0.15) is 18.5 Å². The molecule has 0 unspecified atom stereocenters. The molecule has 2 aliphatic heterocycles. The molecule has 2 aromatic rings. The maximum atomic E-state index is 13.2. The first-order valence-corrected chi connectivity index (χ1v) is 12.3. The first kappa shape index (κ1) is 23.4. The van der Waals surface area contributed by atoms with E-state index in [2.05, 4.69) is 22.8 Å². The number of rotatable bonds is 4. The fraction of sp³-hybridized carbons (Fsp3) is 0.444. The van der Waals surface area contributed by atoms with Crippen molar-refractivity contribution in [2.75, 3.05) is 24.3 Å². The lowest BCUT2D eigenvalue weighted by Crippen LogP contribution is -2.53. The quantitative estimate of drug-likeness (QED) is 0.702. The SMILES string of the molecule is CC(=O)Nc1ccc2c(c1)C(=O)N(C)[C@H]1CC[C@H](CC(=O)Nc3ccc4c(c3)CCC4)O[C@@H]1CO2. The van der Waals surface area contributed by atoms with Crippen LogP contribution in [0.4, 0.5) is 11.4 Å². The lowest BCUT2D eigenvalue weighted by molar-refractivity contribution is -0.130. The molecule has 2 heterocycles. The first-order chi connectivity index (χ1) is 16.9. The Kier molecular flexibility index (Phi) is 6.47. The summed E-state index contributed by atoms with van der Waals surface area (Å²) < 4.78 is 12.3. The third-order valence-electron chi connectivity index (χ3n) is 7.13. The number of benzene rings is 2. The molecular weight excluding hydrogens is 446 g/mol. The number of amides is 3. The molecule has 0 spiro atoms. The molecule has 2 N–H and O–H groups in total. The van der Waals surface area contributed by atoms with E-state index in [1.54, 1.807) is 30.1 Å². The van der Waals surface area contributed by atoms with Crippen molar-refractivity contribution in [2.24, 2.45) is 0 Å². The van der Waals surface area contributed by atoms with Gasteiger partial charge in [-0.2, -0.15) is 0 Å². The molecule has 0 radical (unpaired) electrons. The topological polar surface area (TPSA) is 97.0 Å². The van der Waals surface area contributed by atoms with Gasteiger partial charge in [0, 0.05) is 25.3 Å². The molecule has 5 rings (SSSR count). The highest BCUT2D eigenvalue weighted by molar-refractivity contribution is 5.99. The van der Waals surface area contributed by atoms with Gasteiger partial charge >= 0.3 is 0 Å². The van der Waals surface area contributed by atoms with Crippen molar-refractivity contribution in [2.45, 2.75) is 63.7 Å². The molecule has 3 aliphatic rings. The Labute approximate surface area is 205 Å². The summed E-state index contributed by atoms with van der Waals surface area (Å²) in [4.78, 5) is 39.1. The Morgan fingerprint density at radius 2 is 1.80 bits per heavy atom. The van der Waals surface area contributed by atoms with Gasteiger partial charge < -0.3 is 25.0 Å². The standard InChI is InChI=1S/C27H31N3O5/c1-16(31)28-20-8-11-24-22(13-20)27(33)30(2)23-10-9-21(35-25(23)15-34-24)14-26(32)29-19-7-6-17-4-3-5-18(17)12-19/h6-8,11-13,21,23,25H,3-5,9-10,14-15H2,1-2H3,(H,28,31)(H,29,32)/t21-,23+,25-/m1/s1. The summed E-state index contributed by atoms with van der Waals surface area (Å²) >= 11 is 0. The van der Waals surface area contributed by atoms with Crippen LogP contribution >= 0.6 is 0 Å². The highest BCUT2D eigenvalue weighted by atomic mass is 16.5. The highest BCUT2D eigenvalue weighted by Crippen LogP contribution is 2.33. The third kappa shape index (κ3) is 5.03. The minimum Gasteiger partial charge on any atom is -0.490 e. The first-order valence-electron chi connectivity index (χ1n) is 12.3. The molecule has 8 heteroatoms. The van der Waals surface area contributed by atoms with Crippen molar-refractivity contribution in [3.05, 3.63) is 53.1 Å². The van der Waals surface area contributed by atoms with Gasteiger partial charge in [-0.25, -0.2) is 0 Å². The van der Waals surface area contributed by atoms with E-state index < -0.39 is 0 Å². The second-order valence-corrected chi connectivity index (χ2v) is 9.65. The zero-order chi connectivity index (χ0) is 24.5. The van der Waals surface area contributed by atoms with E-state index in [0.29, 0.717) is 29.8 Å². The van der Waals surface area contributed by atoms with Crippen LogP contribution in [-0.4, -0.2) is 54.5 Å². The maximum absolute atomic E-state index is 13.2. The van der Waals surface area contributed by atoms with Gasteiger partial charge in [0.15, 0.2) is 0 Å². The van der Waals surface area contributed by atoms with Crippen LogP contribution in [0, 0.1) is 0 Å². The fourth-order valence-electron chi connectivity index (χ4n) is 5.38. The number of hydrogen-bond donors (Lipinski definition) is 2. The molecule has 184 valence electrons. The Bertz CT molecular complexity index is 1160. The third-order valence-corrected chi connectivity index (χ3v) is 7.13. The normalized spacial score (nSPS) is 23.2. The van der Waals surface area contributed by atoms with Crippen molar-refractivity contribution in [3.63, 3.8) is 0 Å². The number of likely N-dealkylation sites (N-methyl/N-ethyl adjacent to an activating group) is 1. The van der Waals surface area contributed by atoms with Crippen LogP contribution in [0.25, 0.3) is 0 Å². The van der Waals surface area contributed by atoms with Crippen LogP contribution in [0.15, 0.2) is 36.4 Å². The van der Waals surface area contributed by atoms with Crippen LogP contribution in [0.2, 0.25) is 0 Å². The molecule has 3 amide bonds. The van der Waals surface area contributed by atoms with Gasteiger partial charge in [-0.15, -0.1) is 0 Å². The van der Waals surface area contributed by atoms with Gasteiger partial charge in [0.2, 0.25) is 11.8 Å². The molecular formula is C27H31N3O5. The van der Waals surface area contributed by atoms with Crippen molar-refractivity contribution in [1.82, 2.24) is 4.90 Å². The lowest BCUT2D eigenvalue weighted by atomic mass is 9.94. The number of carbonyl (C=O) groups excluding carboxylic acids is 3. The molecule has 1 aliphatic carbocycles. The number of aryl methyl sites for hydroxylation is 2. The number of fused-ring (bicyclic) bond motifs is 3. The summed E-state index contributed by atoms with van der Waals surface area (Å²) in [5, 5.41) is 5.72. The van der Waals surface area contributed by atoms with Gasteiger partial charge in [0.05, 0.1) is 24.1 Å². The number of hydrogen-bond acceptors (Lipinski definition) is 5. The predicted octanol–water partition coefficient (Wildman–Crippen LogP) is 3.54. The number of carbonyl (C=O) groups is 3. The molecule has 2 aromatic carbocycles. The van der Waals surface area contributed by atoms with Crippen molar-refractivity contribution in [1.29, 1.82) is 0 Å². The molecule has 8 nitrogen and oxygen atoms in total. The Hall–Kier alpha value is -3.39. The highest BCUT2D eigenvalue weighted by Gasteiger charge is 2.39. The average Bonchev–Trinajstić information content (AvgIpc) is 3.29. The van der Waals surface area contributed by atoms with Gasteiger partial charge in [-0.1, -0.05) is 6.07 Å². The van der Waals surface area contributed by atoms with E-state index in [0.717, 1.165) is 18.5 Å². The van der Waals surface area contributed by atoms with E-state index in [4.69, 9.17) is 9.47 Å². The van der Waals surface area contributed by atoms with Crippen molar-refractivity contribution < 1.29 is 23.9 Å². The number of ether oxygens (including phenoxy) is 2. The fourth-order valence-corrected chi connectivity index (χ4v) is 5.38. The van der Waals surface area contributed by atoms with Gasteiger partial charge in [-0.3, -0.25) is 14.4 Å². The minimum absolute atomic E-state index is 0.0709. The molecule has 1 fully saturated rings. The van der Waals surface area contributed by atoms with Crippen molar-refractivity contribution >= 4 is 29.1 Å². The van der Waals surface area contributed by atoms with E-state index >= 15 is 0 Å². The second kappa shape index (κ2) is 9.70. The summed E-state index contributed by atoms with van der Waals surface area (Å²) in [5.41, 5.74) is 4.49. The monoisotopic (exact) mass is 477 g/mol. The summed E-state index contributed by atoms with van der Waals surface area (Å²) in [7, 11) is 1.77. The summed E-state index contributed by atoms with van der Waals surface area (Å²) in [6.07, 6.45) is 4.43. The second-order valence-electron chi connectivity index (χ2n) is 9.65. The van der Waals surface area contributed by atoms with Crippen LogP contribution in [-0.2, 0) is 27.2 Å². The summed E-state index contributed by atoms with van der Waals surface area (Å²) in [6, 6.07) is 11.0. The molecule has 0 aromatic heterocycles. The molecule has 3 atom stereocenters. The Morgan fingerprint density at radius 3 is 2.63 bits per heavy atom. The smallest absolute Gasteiger partial charge is 0.257 e. The number of nitrogens with one attached hydrogen (secondary N) is 2. The summed E-state index contributed by atoms with van der Waals surface area (Å²) in [5.74, 6) is -0.00395. The minimum atomic E-state index is -0.335. The largest absolute Gasteiger partial charge is 0.490 e. The van der Waals surface area contributed by atoms with Gasteiger partial charge in [-0.05, 0) is 73.6 Å². The van der Waals surface area contributed by atoms with E-state index in [1.165, 1.54) is 24.5 Å². The molecule has 1 saturated heterocycles. The van der Waals surface area contributed by atoms with E-state index in [9.17, 15) is 14.4 Å². The maximum Gasteiger partial charge on any atom is 0.257 e. The van der Waals surface area contributed by atoms with Crippen LogP contribution in [0.5, 0.6) is 5.75 Å². The zero-order valence-electron chi connectivity index (χ0n) is 20.1. The predicted molar refractivity (Wildman–Crippen MR) is 132 cm³/mol. The number of anilines is 2. The van der Waals surface area contributed by atoms with Crippen LogP contribution < -0.4 is 15.4 Å². The molecule has 0 bridgehead atoms. The van der Waals surface area contributed by atoms with Gasteiger partial charge in [0.25, 0.3) is 5.91 Å². The van der Waals surface area contributed by atoms with E-state index in [1.807, 2.05) is 6.07 Å². The van der Waals surface area contributed by atoms with Crippen molar-refractivity contribution in [3.8, 4) is 5.75 Å². The zero-order valence-corrected chi connectivity index (χ0v) is 20.1. The van der Waals surface area contributed by atoms with E-state index in [-0.39, 0.29) is 49.0 Å². The lowest BCUT2D eigenvalue weighted by Gasteiger charge is -2.42. The van der Waals surface area contributed by atoms with Crippen LogP contribution in [0.1, 0.15) is 54.1 Å². The number of nitrogens with zero attached hydrogens (tertiary/aromatic N) is 1. The molecule has 0 saturated carbocycles. The Balaban J connectivity index is 1.23. The Morgan fingerprint density at radius 1 is 1.03 bits per heavy atom. The van der Waals surface area contributed by atoms with Crippen LogP contribution in [0.3, 0.4) is 0 Å². The molecule has 35 heavy (non-hydrogen) atoms. The summed E-state index contributed by atoms with van der Waals surface area (Å²) in [6.45, 7) is 1.70. The average molecular weight is 478 g/mol.